The lowest BCUT2D eigenvalue weighted by Crippen LogP contribution is -2.46. The number of nitrogens with one attached hydrogen (secondary N) is 2. The van der Waals surface area contributed by atoms with Crippen LogP contribution in [0.15, 0.2) is 0 Å². The molecule has 0 aliphatic rings. The molecule has 0 aliphatic heterocycles. The highest BCUT2D eigenvalue weighted by molar-refractivity contribution is 5.85. The fourth-order valence-electron chi connectivity index (χ4n) is 1.96. The quantitative estimate of drug-likeness (QED) is 0.294. The zero-order chi connectivity index (χ0) is 17.1. The summed E-state index contributed by atoms with van der Waals surface area (Å²) in [5, 5.41) is 24.0. The van der Waals surface area contributed by atoms with Gasteiger partial charge in [-0.1, -0.05) is 13.3 Å². The van der Waals surface area contributed by atoms with Crippen molar-refractivity contribution in [1.29, 1.82) is 0 Å². The van der Waals surface area contributed by atoms with Crippen LogP contribution in [0, 0.1) is 10.1 Å². The van der Waals surface area contributed by atoms with E-state index in [9.17, 15) is 24.5 Å². The van der Waals surface area contributed by atoms with E-state index < -0.39 is 34.8 Å². The topological polar surface area (TPSA) is 139 Å². The Morgan fingerprint density at radius 2 is 1.86 bits per heavy atom. The molecule has 0 spiro atoms. The second kappa shape index (κ2) is 10.5. The van der Waals surface area contributed by atoms with Gasteiger partial charge in [0.2, 0.25) is 11.7 Å². The molecule has 0 aliphatic carbocycles. The predicted octanol–water partition coefficient (Wildman–Crippen LogP) is 0.943. The van der Waals surface area contributed by atoms with Gasteiger partial charge in [-0.2, -0.15) is 0 Å². The maximum Gasteiger partial charge on any atom is 0.405 e. The van der Waals surface area contributed by atoms with Crippen molar-refractivity contribution in [2.24, 2.45) is 0 Å². The van der Waals surface area contributed by atoms with Crippen molar-refractivity contribution in [3.8, 4) is 0 Å². The first-order valence-corrected chi connectivity index (χ1v) is 7.20. The zero-order valence-electron chi connectivity index (χ0n) is 12.8. The van der Waals surface area contributed by atoms with Crippen LogP contribution in [0.2, 0.25) is 0 Å². The molecule has 22 heavy (non-hydrogen) atoms. The third-order valence-electron chi connectivity index (χ3n) is 3.12. The van der Waals surface area contributed by atoms with Gasteiger partial charge in [0, 0.05) is 24.8 Å². The first-order valence-electron chi connectivity index (χ1n) is 7.20. The molecule has 1 unspecified atom stereocenters. The van der Waals surface area contributed by atoms with Gasteiger partial charge < -0.3 is 15.7 Å². The molecule has 2 atom stereocenters. The van der Waals surface area contributed by atoms with Crippen LogP contribution in [-0.2, 0) is 9.59 Å². The normalized spacial score (nSPS) is 13.0. The number of amides is 2. The van der Waals surface area contributed by atoms with Crippen LogP contribution < -0.4 is 10.6 Å². The standard InChI is InChI=1S/C13H23N3O6/c1-3-6-10(15-13(19)20)12(18)14-8-5-4-7-11(9(2)17)16(21)22/h10-11,15H,3-8H2,1-2H3,(H,14,18)(H,19,20)/t10-,11?/m0/s1. The summed E-state index contributed by atoms with van der Waals surface area (Å²) in [4.78, 5) is 43.4. The van der Waals surface area contributed by atoms with E-state index in [0.29, 0.717) is 25.7 Å². The van der Waals surface area contributed by atoms with E-state index in [2.05, 4.69) is 10.6 Å². The average molecular weight is 317 g/mol. The van der Waals surface area contributed by atoms with E-state index in [1.165, 1.54) is 6.92 Å². The fraction of sp³-hybridized carbons (Fsp3) is 0.769. The van der Waals surface area contributed by atoms with Gasteiger partial charge in [-0.25, -0.2) is 4.79 Å². The number of hydrogen-bond acceptors (Lipinski definition) is 5. The highest BCUT2D eigenvalue weighted by Gasteiger charge is 2.24. The monoisotopic (exact) mass is 317 g/mol. The molecule has 0 fully saturated rings. The summed E-state index contributed by atoms with van der Waals surface area (Å²) in [5.41, 5.74) is 0. The minimum Gasteiger partial charge on any atom is -0.465 e. The van der Waals surface area contributed by atoms with Gasteiger partial charge in [-0.15, -0.1) is 0 Å². The Morgan fingerprint density at radius 1 is 1.23 bits per heavy atom. The van der Waals surface area contributed by atoms with Gasteiger partial charge in [0.05, 0.1) is 0 Å². The Morgan fingerprint density at radius 3 is 2.32 bits per heavy atom. The first-order chi connectivity index (χ1) is 10.3. The molecular weight excluding hydrogens is 294 g/mol. The molecule has 0 aromatic carbocycles. The summed E-state index contributed by atoms with van der Waals surface area (Å²) < 4.78 is 0. The minimum atomic E-state index is -1.26. The zero-order valence-corrected chi connectivity index (χ0v) is 12.8. The summed E-state index contributed by atoms with van der Waals surface area (Å²) in [6.07, 6.45) is 0.826. The van der Waals surface area contributed by atoms with Crippen molar-refractivity contribution in [2.45, 2.75) is 58.0 Å². The first kappa shape index (κ1) is 19.8. The summed E-state index contributed by atoms with van der Waals surface area (Å²) in [6, 6.07) is -2.00. The lowest BCUT2D eigenvalue weighted by atomic mass is 10.1. The van der Waals surface area contributed by atoms with E-state index in [1.807, 2.05) is 6.92 Å². The molecule has 2 amide bonds. The molecule has 0 bridgehead atoms. The number of unbranched alkanes of at least 4 members (excludes halogenated alkanes) is 1. The van der Waals surface area contributed by atoms with Crippen LogP contribution in [0.4, 0.5) is 4.79 Å². The smallest absolute Gasteiger partial charge is 0.405 e. The molecule has 0 aromatic rings. The van der Waals surface area contributed by atoms with Gasteiger partial charge in [0.25, 0.3) is 6.04 Å². The summed E-state index contributed by atoms with van der Waals surface area (Å²) >= 11 is 0. The van der Waals surface area contributed by atoms with Gasteiger partial charge in [-0.05, 0) is 19.3 Å². The minimum absolute atomic E-state index is 0.129. The molecule has 0 aromatic heterocycles. The van der Waals surface area contributed by atoms with E-state index in [-0.39, 0.29) is 13.0 Å². The molecule has 0 radical (unpaired) electrons. The molecule has 0 saturated carbocycles. The second-order valence-corrected chi connectivity index (χ2v) is 4.99. The highest BCUT2D eigenvalue weighted by atomic mass is 16.6. The molecule has 0 heterocycles. The Labute approximate surface area is 128 Å². The molecule has 9 heteroatoms. The van der Waals surface area contributed by atoms with Crippen molar-refractivity contribution in [3.05, 3.63) is 10.1 Å². The number of Topliss-reactive ketones (excluding diaryl/α,β-unsaturated/α-hetero) is 1. The summed E-state index contributed by atoms with van der Waals surface area (Å²) in [6.45, 7) is 3.30. The Kier molecular flexibility index (Phi) is 9.48. The van der Waals surface area contributed by atoms with Gasteiger partial charge in [-0.3, -0.25) is 19.7 Å². The fourth-order valence-corrected chi connectivity index (χ4v) is 1.96. The second-order valence-electron chi connectivity index (χ2n) is 4.99. The van der Waals surface area contributed by atoms with Crippen LogP contribution in [0.5, 0.6) is 0 Å². The van der Waals surface area contributed by atoms with Crippen molar-refractivity contribution < 1.29 is 24.4 Å². The van der Waals surface area contributed by atoms with E-state index in [0.717, 1.165) is 0 Å². The summed E-state index contributed by atoms with van der Waals surface area (Å²) in [5.74, 6) is -0.899. The van der Waals surface area contributed by atoms with E-state index >= 15 is 0 Å². The third kappa shape index (κ3) is 8.18. The highest BCUT2D eigenvalue weighted by Crippen LogP contribution is 2.05. The van der Waals surface area contributed by atoms with E-state index in [4.69, 9.17) is 5.11 Å². The molecule has 9 nitrogen and oxygen atoms in total. The number of nitrogens with zero attached hydrogens (tertiary/aromatic N) is 1. The number of carbonyl (C=O) groups excluding carboxylic acids is 2. The van der Waals surface area contributed by atoms with Crippen LogP contribution in [0.25, 0.3) is 0 Å². The van der Waals surface area contributed by atoms with Crippen LogP contribution >= 0.6 is 0 Å². The molecule has 0 saturated heterocycles. The number of nitro groups is 1. The van der Waals surface area contributed by atoms with Crippen molar-refractivity contribution in [2.75, 3.05) is 6.54 Å². The Balaban J connectivity index is 4.07. The molecule has 3 N–H and O–H groups in total. The number of rotatable bonds is 11. The van der Waals surface area contributed by atoms with Crippen molar-refractivity contribution >= 4 is 17.8 Å². The lowest BCUT2D eigenvalue weighted by molar-refractivity contribution is -0.508. The third-order valence-corrected chi connectivity index (χ3v) is 3.12. The number of carboxylic acid groups (broad SMARTS) is 1. The maximum atomic E-state index is 11.8. The average Bonchev–Trinajstić information content (AvgIpc) is 2.40. The van der Waals surface area contributed by atoms with Crippen molar-refractivity contribution in [3.63, 3.8) is 0 Å². The van der Waals surface area contributed by atoms with Gasteiger partial charge in [0.1, 0.15) is 6.04 Å². The number of ketones is 1. The number of hydrogen-bond donors (Lipinski definition) is 3. The van der Waals surface area contributed by atoms with Crippen molar-refractivity contribution in [1.82, 2.24) is 10.6 Å². The maximum absolute atomic E-state index is 11.8. The van der Waals surface area contributed by atoms with Gasteiger partial charge in [0.15, 0.2) is 0 Å². The largest absolute Gasteiger partial charge is 0.465 e. The molecule has 0 rings (SSSR count). The molecule has 126 valence electrons. The van der Waals surface area contributed by atoms with Crippen LogP contribution in [0.3, 0.4) is 0 Å². The lowest BCUT2D eigenvalue weighted by Gasteiger charge is -2.15. The Bertz CT molecular complexity index is 399. The Hall–Kier alpha value is -2.19. The predicted molar refractivity (Wildman–Crippen MR) is 78.2 cm³/mol. The number of carbonyl (C=O) groups is 3. The van der Waals surface area contributed by atoms with E-state index in [1.54, 1.807) is 0 Å². The molecular formula is C13H23N3O6. The summed E-state index contributed by atoms with van der Waals surface area (Å²) in [7, 11) is 0. The van der Waals surface area contributed by atoms with Crippen LogP contribution in [-0.4, -0.2) is 46.4 Å². The van der Waals surface area contributed by atoms with Gasteiger partial charge >= 0.3 is 6.09 Å². The van der Waals surface area contributed by atoms with Crippen LogP contribution in [0.1, 0.15) is 46.0 Å². The SMILES string of the molecule is CCC[C@H](NC(=O)O)C(=O)NCCCCC(C(C)=O)[N+](=O)[O-].